The van der Waals surface area contributed by atoms with Crippen molar-refractivity contribution < 1.29 is 37.3 Å². The zero-order valence-corrected chi connectivity index (χ0v) is 41.4. The third-order valence-electron chi connectivity index (χ3n) is 9.51. The molecule has 0 saturated heterocycles. The van der Waals surface area contributed by atoms with Gasteiger partial charge in [-0.2, -0.15) is 0 Å². The lowest BCUT2D eigenvalue weighted by atomic mass is 10.1. The molecule has 0 bridgehead atoms. The van der Waals surface area contributed by atoms with E-state index in [-0.39, 0.29) is 32.2 Å². The molecule has 0 heterocycles. The molecule has 0 saturated carbocycles. The molecule has 0 fully saturated rings. The van der Waals surface area contributed by atoms with Gasteiger partial charge in [0, 0.05) is 13.0 Å². The van der Waals surface area contributed by atoms with E-state index in [0.717, 1.165) is 135 Å². The highest BCUT2D eigenvalue weighted by molar-refractivity contribution is 7.45. The highest BCUT2D eigenvalue weighted by atomic mass is 31.2. The number of ether oxygens (including phenoxy) is 2. The predicted molar refractivity (Wildman–Crippen MR) is 267 cm³/mol. The van der Waals surface area contributed by atoms with Crippen LogP contribution in [0.2, 0.25) is 0 Å². The topological polar surface area (TPSA) is 94.1 Å². The number of rotatable bonds is 43. The van der Waals surface area contributed by atoms with Crippen LogP contribution in [-0.2, 0) is 27.9 Å². The maximum absolute atomic E-state index is 12.7. The zero-order valence-electron chi connectivity index (χ0n) is 40.5. The Balaban J connectivity index is 4.32. The van der Waals surface area contributed by atoms with E-state index in [9.17, 15) is 14.3 Å². The molecular weight excluding hydrogens is 806 g/mol. The average molecular weight is 896 g/mol. The summed E-state index contributed by atoms with van der Waals surface area (Å²) < 4.78 is 34.6. The van der Waals surface area contributed by atoms with Crippen LogP contribution in [0.1, 0.15) is 155 Å². The van der Waals surface area contributed by atoms with Crippen LogP contribution in [0.3, 0.4) is 0 Å². The Morgan fingerprint density at radius 3 is 1.30 bits per heavy atom. The third kappa shape index (κ3) is 49.8. The van der Waals surface area contributed by atoms with Gasteiger partial charge in [-0.05, 0) is 103 Å². The van der Waals surface area contributed by atoms with E-state index in [1.54, 1.807) is 0 Å². The van der Waals surface area contributed by atoms with Gasteiger partial charge < -0.3 is 27.9 Å². The van der Waals surface area contributed by atoms with Crippen LogP contribution in [0.25, 0.3) is 0 Å². The molecule has 0 aliphatic carbocycles. The van der Waals surface area contributed by atoms with Crippen molar-refractivity contribution in [1.82, 2.24) is 0 Å². The first kappa shape index (κ1) is 59.9. The first-order valence-electron chi connectivity index (χ1n) is 24.3. The number of phosphoric acid groups is 1. The number of allylic oxidation sites excluding steroid dienone is 20. The van der Waals surface area contributed by atoms with Crippen molar-refractivity contribution in [3.63, 3.8) is 0 Å². The highest BCUT2D eigenvalue weighted by Gasteiger charge is 2.20. The van der Waals surface area contributed by atoms with Crippen molar-refractivity contribution in [2.75, 3.05) is 54.1 Å². The molecule has 0 N–H and O–H groups in total. The third-order valence-corrected chi connectivity index (χ3v) is 10.5. The number of esters is 1. The lowest BCUT2D eigenvalue weighted by Crippen LogP contribution is -2.37. The second kappa shape index (κ2) is 45.5. The van der Waals surface area contributed by atoms with Crippen molar-refractivity contribution in [3.8, 4) is 0 Å². The molecule has 0 rings (SSSR count). The molecule has 8 nitrogen and oxygen atoms in total. The molecule has 358 valence electrons. The Morgan fingerprint density at radius 1 is 0.492 bits per heavy atom. The summed E-state index contributed by atoms with van der Waals surface area (Å²) in [6.07, 6.45) is 65.0. The number of carbonyl (C=O) groups is 1. The van der Waals surface area contributed by atoms with Gasteiger partial charge in [0.1, 0.15) is 19.3 Å². The lowest BCUT2D eigenvalue weighted by molar-refractivity contribution is -0.870. The lowest BCUT2D eigenvalue weighted by Gasteiger charge is -2.28. The molecular formula is C54H90NO7P. The summed E-state index contributed by atoms with van der Waals surface area (Å²) >= 11 is 0. The summed E-state index contributed by atoms with van der Waals surface area (Å²) in [4.78, 5) is 25.2. The minimum absolute atomic E-state index is 0.00856. The molecule has 0 aliphatic rings. The van der Waals surface area contributed by atoms with Gasteiger partial charge in [-0.3, -0.25) is 9.36 Å². The zero-order chi connectivity index (χ0) is 46.2. The number of hydrogen-bond acceptors (Lipinski definition) is 7. The van der Waals surface area contributed by atoms with Crippen molar-refractivity contribution in [1.29, 1.82) is 0 Å². The van der Waals surface area contributed by atoms with Crippen LogP contribution in [0.4, 0.5) is 0 Å². The van der Waals surface area contributed by atoms with E-state index in [4.69, 9.17) is 18.5 Å². The molecule has 0 aliphatic heterocycles. The Kier molecular flexibility index (Phi) is 43.2. The fourth-order valence-electron chi connectivity index (χ4n) is 5.83. The Labute approximate surface area is 386 Å². The van der Waals surface area contributed by atoms with Crippen LogP contribution in [0.5, 0.6) is 0 Å². The first-order valence-corrected chi connectivity index (χ1v) is 25.7. The van der Waals surface area contributed by atoms with Crippen molar-refractivity contribution in [3.05, 3.63) is 122 Å². The van der Waals surface area contributed by atoms with Gasteiger partial charge >= 0.3 is 5.97 Å². The van der Waals surface area contributed by atoms with E-state index in [1.165, 1.54) is 0 Å². The van der Waals surface area contributed by atoms with E-state index < -0.39 is 13.9 Å². The van der Waals surface area contributed by atoms with Gasteiger partial charge in [0.05, 0.1) is 34.4 Å². The molecule has 0 radical (unpaired) electrons. The maximum atomic E-state index is 12.7. The molecule has 0 amide bonds. The van der Waals surface area contributed by atoms with E-state index in [0.29, 0.717) is 17.6 Å². The second-order valence-corrected chi connectivity index (χ2v) is 18.1. The minimum atomic E-state index is -4.55. The van der Waals surface area contributed by atoms with Gasteiger partial charge in [-0.1, -0.05) is 167 Å². The van der Waals surface area contributed by atoms with E-state index in [1.807, 2.05) is 21.1 Å². The number of unbranched alkanes of at least 4 members (excludes halogenated alkanes) is 9. The molecule has 0 aromatic carbocycles. The Hall–Kier alpha value is -3.10. The molecule has 63 heavy (non-hydrogen) atoms. The summed E-state index contributed by atoms with van der Waals surface area (Å²) in [7, 11) is 1.30. The summed E-state index contributed by atoms with van der Waals surface area (Å²) in [5.74, 6) is -0.368. The number of quaternary nitrogens is 1. The number of hydrogen-bond donors (Lipinski definition) is 0. The van der Waals surface area contributed by atoms with Gasteiger partial charge in [-0.25, -0.2) is 0 Å². The summed E-state index contributed by atoms with van der Waals surface area (Å²) in [5, 5.41) is 0. The van der Waals surface area contributed by atoms with Gasteiger partial charge in [0.2, 0.25) is 0 Å². The van der Waals surface area contributed by atoms with Gasteiger partial charge in [0.25, 0.3) is 7.82 Å². The van der Waals surface area contributed by atoms with Crippen LogP contribution in [-0.4, -0.2) is 70.7 Å². The van der Waals surface area contributed by atoms with Crippen LogP contribution in [0, 0.1) is 0 Å². The second-order valence-electron chi connectivity index (χ2n) is 16.7. The number of phosphoric ester groups is 1. The number of carbonyl (C=O) groups excluding carboxylic acids is 1. The highest BCUT2D eigenvalue weighted by Crippen LogP contribution is 2.38. The molecule has 0 spiro atoms. The van der Waals surface area contributed by atoms with E-state index in [2.05, 4.69) is 135 Å². The van der Waals surface area contributed by atoms with Crippen LogP contribution >= 0.6 is 7.82 Å². The van der Waals surface area contributed by atoms with Crippen LogP contribution in [0.15, 0.2) is 122 Å². The maximum Gasteiger partial charge on any atom is 0.306 e. The Morgan fingerprint density at radius 2 is 0.873 bits per heavy atom. The molecule has 0 aromatic rings. The predicted octanol–water partition coefficient (Wildman–Crippen LogP) is 14.3. The molecule has 2 atom stereocenters. The summed E-state index contributed by atoms with van der Waals surface area (Å²) in [6, 6.07) is 0. The first-order chi connectivity index (χ1) is 30.6. The smallest absolute Gasteiger partial charge is 0.306 e. The van der Waals surface area contributed by atoms with E-state index >= 15 is 0 Å². The normalized spacial score (nSPS) is 14.7. The van der Waals surface area contributed by atoms with Crippen molar-refractivity contribution in [2.24, 2.45) is 0 Å². The summed E-state index contributed by atoms with van der Waals surface area (Å²) in [5.41, 5.74) is 0. The number of likely N-dealkylation sites (N-methyl/N-ethyl adjacent to an activating group) is 1. The molecule has 2 unspecified atom stereocenters. The SMILES string of the molecule is CC/C=C\C/C=C\C/C=C\C/C=C\C/C=C\CCCCCCCC(=O)OC(COCCCCCC/C=C\C/C=C\C/C=C\C/C=C\C/C=C\CC)COP(=O)([O-])OCC[N+](C)(C)C. The number of nitrogens with zero attached hydrogens (tertiary/aromatic N) is 1. The fraction of sp³-hybridized carbons (Fsp3) is 0.611. The largest absolute Gasteiger partial charge is 0.756 e. The average Bonchev–Trinajstić information content (AvgIpc) is 3.24. The monoisotopic (exact) mass is 896 g/mol. The Bertz CT molecular complexity index is 1410. The molecule has 0 aromatic heterocycles. The summed E-state index contributed by atoms with van der Waals surface area (Å²) in [6.45, 7) is 5.06. The molecule has 9 heteroatoms. The minimum Gasteiger partial charge on any atom is -0.756 e. The van der Waals surface area contributed by atoms with Gasteiger partial charge in [0.15, 0.2) is 0 Å². The fourth-order valence-corrected chi connectivity index (χ4v) is 6.56. The van der Waals surface area contributed by atoms with Crippen molar-refractivity contribution >= 4 is 13.8 Å². The van der Waals surface area contributed by atoms with Crippen LogP contribution < -0.4 is 4.89 Å². The quantitative estimate of drug-likeness (QED) is 0.0198. The van der Waals surface area contributed by atoms with Crippen molar-refractivity contribution in [2.45, 2.75) is 161 Å². The van der Waals surface area contributed by atoms with Gasteiger partial charge in [-0.15, -0.1) is 0 Å². The standard InChI is InChI=1S/C54H90NO7P/c1-6-8-10-12-14-16-18-20-22-24-26-28-29-31-33-35-37-39-41-43-45-47-54(56)62-53(52-61-63(57,58)60-50-48-55(3,4)5)51-59-49-46-44-42-40-38-36-34-32-30-27-25-23-21-19-17-15-13-11-9-7-2/h8-11,14-17,20-23,26-28,30-31,33-34,36,53H,6-7,12-13,18-19,24-25,29,32,35,37-52H2,1-5H3/b10-8-,11-9-,16-14-,17-15-,22-20-,23-21-,28-26-,30-27-,33-31-,36-34-.